The van der Waals surface area contributed by atoms with Crippen molar-refractivity contribution in [2.24, 2.45) is 4.36 Å². The molecule has 0 aromatic heterocycles. The predicted octanol–water partition coefficient (Wildman–Crippen LogP) is 3.51. The summed E-state index contributed by atoms with van der Waals surface area (Å²) in [4.78, 5) is 0. The van der Waals surface area contributed by atoms with Gasteiger partial charge in [0.25, 0.3) is 0 Å². The van der Waals surface area contributed by atoms with E-state index in [-0.39, 0.29) is 10.8 Å². The van der Waals surface area contributed by atoms with E-state index in [1.54, 1.807) is 0 Å². The zero-order chi connectivity index (χ0) is 15.2. The molecule has 0 saturated carbocycles. The van der Waals surface area contributed by atoms with E-state index in [9.17, 15) is 4.39 Å². The minimum atomic E-state index is -1.96. The van der Waals surface area contributed by atoms with Crippen LogP contribution in [0.1, 0.15) is 0 Å². The summed E-state index contributed by atoms with van der Waals surface area (Å²) in [6.45, 7) is 12.3. The lowest BCUT2D eigenvalue weighted by Crippen LogP contribution is -2.47. The normalized spacial score (nSPS) is 12.6. The molecule has 0 saturated heterocycles. The molecule has 0 radical (unpaired) electrons. The highest BCUT2D eigenvalue weighted by Gasteiger charge is 2.34. The largest absolute Gasteiger partial charge is 0.397 e. The molecule has 0 aliphatic carbocycles. The fourth-order valence-electron chi connectivity index (χ4n) is 2.21. The van der Waals surface area contributed by atoms with Crippen LogP contribution in [0.25, 0.3) is 0 Å². The van der Waals surface area contributed by atoms with Crippen LogP contribution in [0.3, 0.4) is 0 Å². The average Bonchev–Trinajstić information content (AvgIpc) is 2.19. The van der Waals surface area contributed by atoms with Gasteiger partial charge in [0.15, 0.2) is 0 Å². The summed E-state index contributed by atoms with van der Waals surface area (Å²) < 4.78 is 18.5. The Hall–Kier alpha value is -0.306. The van der Waals surface area contributed by atoms with Gasteiger partial charge in [0.05, 0.1) is 26.9 Å². The van der Waals surface area contributed by atoms with E-state index in [1.165, 1.54) is 0 Å². The zero-order valence-corrected chi connectivity index (χ0v) is 15.8. The lowest BCUT2D eigenvalue weighted by Gasteiger charge is -2.27. The summed E-state index contributed by atoms with van der Waals surface area (Å²) in [6, 6.07) is 0. The molecule has 19 heavy (non-hydrogen) atoms. The van der Waals surface area contributed by atoms with Crippen LogP contribution in [0, 0.1) is 5.82 Å². The van der Waals surface area contributed by atoms with E-state index in [4.69, 9.17) is 29.8 Å². The molecule has 1 aromatic rings. The van der Waals surface area contributed by atoms with Gasteiger partial charge >= 0.3 is 0 Å². The maximum atomic E-state index is 14.6. The smallest absolute Gasteiger partial charge is 0.143 e. The molecule has 0 heterocycles. The zero-order valence-electron chi connectivity index (χ0n) is 12.2. The first kappa shape index (κ1) is 16.7. The molecule has 0 fully saturated rings. The molecule has 0 bridgehead atoms. The highest BCUT2D eigenvalue weighted by Crippen LogP contribution is 2.30. The number of nitrogen functional groups attached to an aromatic ring is 1. The third kappa shape index (κ3) is 3.07. The molecule has 0 unspecified atom stereocenters. The molecular weight excluding hydrogens is 315 g/mol. The molecule has 2 N–H and O–H groups in total. The minimum absolute atomic E-state index is 0.161. The number of hydrogen-bond acceptors (Lipinski definition) is 3. The van der Waals surface area contributed by atoms with Gasteiger partial charge in [0, 0.05) is 17.6 Å². The summed E-state index contributed by atoms with van der Waals surface area (Å²) in [5, 5.41) is 1.42. The number of nitrogens with two attached hydrogens (primary N) is 1. The third-order valence-corrected chi connectivity index (χ3v) is 7.66. The highest BCUT2D eigenvalue weighted by atomic mass is 35.5. The Balaban J connectivity index is 3.90. The third-order valence-electron chi connectivity index (χ3n) is 2.98. The van der Waals surface area contributed by atoms with Crippen molar-refractivity contribution in [3.8, 4) is 0 Å². The molecule has 0 spiro atoms. The Morgan fingerprint density at radius 2 is 1.47 bits per heavy atom. The van der Waals surface area contributed by atoms with Crippen molar-refractivity contribution < 1.29 is 4.39 Å². The number of rotatable bonds is 3. The predicted molar refractivity (Wildman–Crippen MR) is 91.2 cm³/mol. The second kappa shape index (κ2) is 5.23. The Morgan fingerprint density at radius 1 is 1.05 bits per heavy atom. The van der Waals surface area contributed by atoms with Crippen LogP contribution < -0.4 is 16.1 Å². The number of hydrogen-bond donors (Lipinski definition) is 1. The minimum Gasteiger partial charge on any atom is -0.397 e. The lowest BCUT2D eigenvalue weighted by atomic mass is 10.2. The number of nitrogens with zero attached hydrogens (tertiary/aromatic N) is 1. The molecular formula is C12H20ClFN2SSi2. The SMILES string of the molecule is C[Si](C)(C)c1c(N)c(N=S)c([Si](C)(C)C)c(Cl)c1F. The number of benzene rings is 1. The Labute approximate surface area is 126 Å². The molecule has 106 valence electrons. The van der Waals surface area contributed by atoms with Gasteiger partial charge in [0.2, 0.25) is 0 Å². The van der Waals surface area contributed by atoms with E-state index in [1.807, 2.05) is 19.6 Å². The van der Waals surface area contributed by atoms with Crippen LogP contribution in [-0.2, 0) is 12.4 Å². The Kier molecular flexibility index (Phi) is 4.61. The molecule has 0 atom stereocenters. The van der Waals surface area contributed by atoms with Crippen molar-refractivity contribution in [3.63, 3.8) is 0 Å². The van der Waals surface area contributed by atoms with Gasteiger partial charge in [0.1, 0.15) is 11.5 Å². The second-order valence-corrected chi connectivity index (χ2v) is 17.3. The van der Waals surface area contributed by atoms with E-state index >= 15 is 0 Å². The molecule has 0 aliphatic rings. The Morgan fingerprint density at radius 3 is 1.79 bits per heavy atom. The molecule has 1 rings (SSSR count). The lowest BCUT2D eigenvalue weighted by molar-refractivity contribution is 0.637. The Bertz CT molecular complexity index is 536. The summed E-state index contributed by atoms with van der Waals surface area (Å²) in [7, 11) is -3.84. The fourth-order valence-corrected chi connectivity index (χ4v) is 6.97. The van der Waals surface area contributed by atoms with Crippen molar-refractivity contribution in [1.29, 1.82) is 0 Å². The average molecular weight is 335 g/mol. The van der Waals surface area contributed by atoms with E-state index in [2.05, 4.69) is 24.0 Å². The second-order valence-electron chi connectivity index (χ2n) is 6.73. The fraction of sp³-hybridized carbons (Fsp3) is 0.500. The maximum Gasteiger partial charge on any atom is 0.143 e. The number of anilines is 1. The monoisotopic (exact) mass is 334 g/mol. The topological polar surface area (TPSA) is 38.4 Å². The van der Waals surface area contributed by atoms with Gasteiger partial charge in [-0.25, -0.2) is 4.39 Å². The van der Waals surface area contributed by atoms with Crippen molar-refractivity contribution >= 4 is 61.9 Å². The van der Waals surface area contributed by atoms with Crippen LogP contribution in [0.4, 0.5) is 15.8 Å². The molecule has 0 aliphatic heterocycles. The van der Waals surface area contributed by atoms with E-state index < -0.39 is 16.1 Å². The van der Waals surface area contributed by atoms with Crippen molar-refractivity contribution in [1.82, 2.24) is 0 Å². The first-order valence-electron chi connectivity index (χ1n) is 6.07. The summed E-state index contributed by atoms with van der Waals surface area (Å²) in [5.74, 6) is -0.377. The van der Waals surface area contributed by atoms with Crippen LogP contribution in [0.5, 0.6) is 0 Å². The maximum absolute atomic E-state index is 14.6. The van der Waals surface area contributed by atoms with Crippen molar-refractivity contribution in [3.05, 3.63) is 10.8 Å². The van der Waals surface area contributed by atoms with Gasteiger partial charge in [-0.05, 0) is 5.19 Å². The van der Waals surface area contributed by atoms with Gasteiger partial charge in [-0.1, -0.05) is 50.9 Å². The van der Waals surface area contributed by atoms with Crippen LogP contribution in [0.2, 0.25) is 44.3 Å². The van der Waals surface area contributed by atoms with Gasteiger partial charge in [-0.2, -0.15) is 4.36 Å². The van der Waals surface area contributed by atoms with Crippen molar-refractivity contribution in [2.75, 3.05) is 5.73 Å². The summed E-state index contributed by atoms with van der Waals surface area (Å²) in [5.41, 5.74) is 7.04. The van der Waals surface area contributed by atoms with Gasteiger partial charge < -0.3 is 5.73 Å². The molecule has 0 amide bonds. The van der Waals surface area contributed by atoms with Crippen molar-refractivity contribution in [2.45, 2.75) is 39.3 Å². The first-order valence-corrected chi connectivity index (χ1v) is 13.8. The van der Waals surface area contributed by atoms with E-state index in [0.29, 0.717) is 16.6 Å². The molecule has 7 heteroatoms. The molecule has 2 nitrogen and oxygen atoms in total. The first-order chi connectivity index (χ1) is 8.42. The van der Waals surface area contributed by atoms with Gasteiger partial charge in [-0.3, -0.25) is 0 Å². The van der Waals surface area contributed by atoms with E-state index in [0.717, 1.165) is 5.19 Å². The van der Waals surface area contributed by atoms with Crippen LogP contribution >= 0.6 is 11.6 Å². The molecule has 1 aromatic carbocycles. The standard InChI is InChI=1S/C12H20ClFN2SSi2/c1-18(2,3)11-7(13)8(14)12(19(4,5)6)9(15)10(11)16-17/h15H2,1-6H3. The van der Waals surface area contributed by atoms with Gasteiger partial charge in [-0.15, -0.1) is 0 Å². The summed E-state index contributed by atoms with van der Waals surface area (Å²) >= 11 is 11.1. The van der Waals surface area contributed by atoms with Crippen LogP contribution in [-0.4, -0.2) is 16.1 Å². The summed E-state index contributed by atoms with van der Waals surface area (Å²) in [6.07, 6.45) is 0. The highest BCUT2D eigenvalue weighted by molar-refractivity contribution is 7.47. The quantitative estimate of drug-likeness (QED) is 0.678. The number of halogens is 2. The van der Waals surface area contributed by atoms with Crippen LogP contribution in [0.15, 0.2) is 4.36 Å².